The Bertz CT molecular complexity index is 410. The van der Waals surface area contributed by atoms with Gasteiger partial charge in [0.25, 0.3) is 0 Å². The van der Waals surface area contributed by atoms with E-state index in [9.17, 15) is 0 Å². The van der Waals surface area contributed by atoms with Gasteiger partial charge in [-0.05, 0) is 31.4 Å². The maximum atomic E-state index is 6.25. The Kier molecular flexibility index (Phi) is 4.40. The van der Waals surface area contributed by atoms with Gasteiger partial charge in [0.05, 0.1) is 16.1 Å². The van der Waals surface area contributed by atoms with E-state index in [0.717, 1.165) is 30.3 Å². The number of ether oxygens (including phenoxy) is 1. The van der Waals surface area contributed by atoms with Gasteiger partial charge in [0, 0.05) is 17.4 Å². The molecule has 94 valence electrons. The summed E-state index contributed by atoms with van der Waals surface area (Å²) in [6.45, 7) is 2.96. The van der Waals surface area contributed by atoms with Crippen molar-refractivity contribution < 1.29 is 4.74 Å². The minimum absolute atomic E-state index is 0.133. The molecule has 1 nitrogen and oxygen atoms in total. The molecule has 0 radical (unpaired) electrons. The first-order valence-corrected chi connectivity index (χ1v) is 7.57. The number of hydrogen-bond donors (Lipinski definition) is 0. The van der Waals surface area contributed by atoms with Gasteiger partial charge in [0.15, 0.2) is 0 Å². The van der Waals surface area contributed by atoms with Crippen molar-refractivity contribution in [2.45, 2.75) is 25.9 Å². The van der Waals surface area contributed by atoms with Crippen molar-refractivity contribution in [3.63, 3.8) is 0 Å². The summed E-state index contributed by atoms with van der Waals surface area (Å²) in [6, 6.07) is 5.82. The molecule has 0 spiro atoms. The number of halogens is 3. The molecule has 1 fully saturated rings. The molecule has 1 aliphatic heterocycles. The first kappa shape index (κ1) is 13.7. The molecular formula is C13H15BrCl2O. The van der Waals surface area contributed by atoms with E-state index in [4.69, 9.17) is 27.9 Å². The highest BCUT2D eigenvalue weighted by Gasteiger charge is 2.41. The van der Waals surface area contributed by atoms with Crippen LogP contribution in [0.3, 0.4) is 0 Å². The van der Waals surface area contributed by atoms with Crippen molar-refractivity contribution in [1.29, 1.82) is 0 Å². The van der Waals surface area contributed by atoms with Crippen LogP contribution >= 0.6 is 39.1 Å². The molecule has 1 aliphatic rings. The molecular weight excluding hydrogens is 323 g/mol. The molecule has 0 aliphatic carbocycles. The fourth-order valence-electron chi connectivity index (χ4n) is 2.34. The molecule has 1 heterocycles. The Balaban J connectivity index is 2.27. The van der Waals surface area contributed by atoms with Crippen LogP contribution in [0.25, 0.3) is 0 Å². The van der Waals surface area contributed by atoms with Crippen LogP contribution in [0, 0.1) is 5.41 Å². The summed E-state index contributed by atoms with van der Waals surface area (Å²) in [5.74, 6) is 0. The van der Waals surface area contributed by atoms with E-state index in [-0.39, 0.29) is 11.5 Å². The lowest BCUT2D eigenvalue weighted by molar-refractivity contribution is 0.0746. The third-order valence-electron chi connectivity index (χ3n) is 3.67. The van der Waals surface area contributed by atoms with E-state index >= 15 is 0 Å². The number of alkyl halides is 1. The van der Waals surface area contributed by atoms with Crippen LogP contribution < -0.4 is 0 Å². The predicted octanol–water partition coefficient (Wildman–Crippen LogP) is 4.73. The highest BCUT2D eigenvalue weighted by atomic mass is 79.9. The van der Waals surface area contributed by atoms with Crippen LogP contribution in [0.1, 0.15) is 18.9 Å². The highest BCUT2D eigenvalue weighted by Crippen LogP contribution is 2.41. The minimum Gasteiger partial charge on any atom is -0.378 e. The zero-order valence-corrected chi connectivity index (χ0v) is 12.8. The van der Waals surface area contributed by atoms with E-state index in [1.165, 1.54) is 0 Å². The summed E-state index contributed by atoms with van der Waals surface area (Å²) in [5, 5.41) is 2.22. The van der Waals surface area contributed by atoms with Crippen LogP contribution in [0.15, 0.2) is 18.2 Å². The smallest absolute Gasteiger partial charge is 0.0624 e. The third kappa shape index (κ3) is 2.65. The summed E-state index contributed by atoms with van der Waals surface area (Å²) in [6.07, 6.45) is 2.21. The molecule has 2 atom stereocenters. The van der Waals surface area contributed by atoms with E-state index in [2.05, 4.69) is 22.9 Å². The average molecular weight is 338 g/mol. The summed E-state index contributed by atoms with van der Waals surface area (Å²) in [5.41, 5.74) is 1.24. The van der Waals surface area contributed by atoms with Gasteiger partial charge in [-0.3, -0.25) is 0 Å². The van der Waals surface area contributed by atoms with Gasteiger partial charge in [-0.25, -0.2) is 0 Å². The SMILES string of the molecule is CC1OCCC1(CBr)Cc1cccc(Cl)c1Cl. The summed E-state index contributed by atoms with van der Waals surface area (Å²) < 4.78 is 5.70. The summed E-state index contributed by atoms with van der Waals surface area (Å²) in [4.78, 5) is 0. The summed E-state index contributed by atoms with van der Waals surface area (Å²) in [7, 11) is 0. The largest absolute Gasteiger partial charge is 0.378 e. The van der Waals surface area contributed by atoms with Crippen molar-refractivity contribution in [2.75, 3.05) is 11.9 Å². The van der Waals surface area contributed by atoms with Crippen molar-refractivity contribution >= 4 is 39.1 Å². The van der Waals surface area contributed by atoms with Crippen LogP contribution in [0.5, 0.6) is 0 Å². The van der Waals surface area contributed by atoms with Gasteiger partial charge < -0.3 is 4.74 Å². The van der Waals surface area contributed by atoms with Gasteiger partial charge >= 0.3 is 0 Å². The maximum absolute atomic E-state index is 6.25. The molecule has 0 saturated carbocycles. The first-order valence-electron chi connectivity index (χ1n) is 5.69. The Morgan fingerprint density at radius 3 is 2.82 bits per heavy atom. The van der Waals surface area contributed by atoms with Gasteiger partial charge in [-0.15, -0.1) is 0 Å². The van der Waals surface area contributed by atoms with Crippen LogP contribution in [-0.2, 0) is 11.2 Å². The lowest BCUT2D eigenvalue weighted by atomic mass is 9.78. The molecule has 17 heavy (non-hydrogen) atoms. The van der Waals surface area contributed by atoms with E-state index < -0.39 is 0 Å². The van der Waals surface area contributed by atoms with Crippen molar-refractivity contribution in [2.24, 2.45) is 5.41 Å². The van der Waals surface area contributed by atoms with Crippen LogP contribution in [-0.4, -0.2) is 18.0 Å². The van der Waals surface area contributed by atoms with Crippen molar-refractivity contribution in [3.05, 3.63) is 33.8 Å². The fourth-order valence-corrected chi connectivity index (χ4v) is 3.66. The van der Waals surface area contributed by atoms with E-state index in [0.29, 0.717) is 10.0 Å². The summed E-state index contributed by atoms with van der Waals surface area (Å²) >= 11 is 15.9. The predicted molar refractivity (Wildman–Crippen MR) is 76.4 cm³/mol. The number of hydrogen-bond acceptors (Lipinski definition) is 1. The number of benzene rings is 1. The van der Waals surface area contributed by atoms with Gasteiger partial charge in [-0.2, -0.15) is 0 Å². The zero-order chi connectivity index (χ0) is 12.5. The van der Waals surface area contributed by atoms with E-state index in [1.54, 1.807) is 0 Å². The van der Waals surface area contributed by atoms with Gasteiger partial charge in [0.2, 0.25) is 0 Å². The molecule has 0 aromatic heterocycles. The van der Waals surface area contributed by atoms with Crippen molar-refractivity contribution in [3.8, 4) is 0 Å². The second kappa shape index (κ2) is 5.48. The quantitative estimate of drug-likeness (QED) is 0.725. The van der Waals surface area contributed by atoms with Crippen molar-refractivity contribution in [1.82, 2.24) is 0 Å². The monoisotopic (exact) mass is 336 g/mol. The third-order valence-corrected chi connectivity index (χ3v) is 5.65. The fraction of sp³-hybridized carbons (Fsp3) is 0.538. The molecule has 0 N–H and O–H groups in total. The highest BCUT2D eigenvalue weighted by molar-refractivity contribution is 9.09. The molecule has 0 amide bonds. The molecule has 1 saturated heterocycles. The second-order valence-corrected chi connectivity index (χ2v) is 5.99. The lowest BCUT2D eigenvalue weighted by Crippen LogP contribution is -2.33. The number of rotatable bonds is 3. The Hall–Kier alpha value is 0.240. The molecule has 1 aromatic rings. The molecule has 2 unspecified atom stereocenters. The molecule has 4 heteroatoms. The maximum Gasteiger partial charge on any atom is 0.0624 e. The van der Waals surface area contributed by atoms with Crippen LogP contribution in [0.2, 0.25) is 10.0 Å². The lowest BCUT2D eigenvalue weighted by Gasteiger charge is -2.30. The first-order chi connectivity index (χ1) is 8.09. The molecule has 2 rings (SSSR count). The molecule has 1 aromatic carbocycles. The Labute approximate surface area is 121 Å². The van der Waals surface area contributed by atoms with E-state index in [1.807, 2.05) is 18.2 Å². The Morgan fingerprint density at radius 2 is 2.24 bits per heavy atom. The Morgan fingerprint density at radius 1 is 1.47 bits per heavy atom. The minimum atomic E-state index is 0.133. The second-order valence-electron chi connectivity index (χ2n) is 4.65. The topological polar surface area (TPSA) is 9.23 Å². The standard InChI is InChI=1S/C13H15BrCl2O/c1-9-13(8-14,5-6-17-9)7-10-3-2-4-11(15)12(10)16/h2-4,9H,5-8H2,1H3. The zero-order valence-electron chi connectivity index (χ0n) is 9.68. The average Bonchev–Trinajstić information content (AvgIpc) is 2.67. The van der Waals surface area contributed by atoms with Gasteiger partial charge in [0.1, 0.15) is 0 Å². The van der Waals surface area contributed by atoms with Crippen LogP contribution in [0.4, 0.5) is 0 Å². The molecule has 0 bridgehead atoms. The normalized spacial score (nSPS) is 28.6. The van der Waals surface area contributed by atoms with Gasteiger partial charge in [-0.1, -0.05) is 51.3 Å².